The lowest BCUT2D eigenvalue weighted by molar-refractivity contribution is 0.210. The van der Waals surface area contributed by atoms with E-state index in [-0.39, 0.29) is 0 Å². The number of fused-ring (bicyclic) bond motifs is 1. The standard InChI is InChI=1S/C16H17N3O/c1-2-8-19-11-17-10-15(19)16(20)13-5-6-14-12(9-13)4-3-7-18-14/h3-7,9-11,16,20H,2,8H2,1H3. The van der Waals surface area contributed by atoms with Gasteiger partial charge in [0.05, 0.1) is 23.7 Å². The molecule has 4 heteroatoms. The van der Waals surface area contributed by atoms with E-state index in [2.05, 4.69) is 16.9 Å². The van der Waals surface area contributed by atoms with Gasteiger partial charge >= 0.3 is 0 Å². The highest BCUT2D eigenvalue weighted by Crippen LogP contribution is 2.24. The first-order valence-electron chi connectivity index (χ1n) is 6.82. The van der Waals surface area contributed by atoms with Crippen molar-refractivity contribution in [3.05, 3.63) is 60.3 Å². The summed E-state index contributed by atoms with van der Waals surface area (Å²) >= 11 is 0. The fourth-order valence-electron chi connectivity index (χ4n) is 2.42. The van der Waals surface area contributed by atoms with E-state index in [1.165, 1.54) is 0 Å². The molecule has 1 atom stereocenters. The summed E-state index contributed by atoms with van der Waals surface area (Å²) in [7, 11) is 0. The molecular formula is C16H17N3O. The second kappa shape index (κ2) is 5.43. The molecule has 2 heterocycles. The van der Waals surface area contributed by atoms with Gasteiger partial charge in [-0.25, -0.2) is 4.98 Å². The topological polar surface area (TPSA) is 50.9 Å². The van der Waals surface area contributed by atoms with Gasteiger partial charge in [0, 0.05) is 18.1 Å². The minimum atomic E-state index is -0.659. The molecule has 0 aliphatic rings. The number of aliphatic hydroxyl groups is 1. The number of hydrogen-bond donors (Lipinski definition) is 1. The Morgan fingerprint density at radius 1 is 1.30 bits per heavy atom. The number of rotatable bonds is 4. The van der Waals surface area contributed by atoms with Gasteiger partial charge < -0.3 is 9.67 Å². The predicted octanol–water partition coefficient (Wildman–Crippen LogP) is 2.92. The molecule has 0 saturated carbocycles. The Balaban J connectivity index is 1.99. The molecule has 0 spiro atoms. The molecule has 0 fully saturated rings. The predicted molar refractivity (Wildman–Crippen MR) is 78.3 cm³/mol. The maximum Gasteiger partial charge on any atom is 0.121 e. The van der Waals surface area contributed by atoms with Crippen molar-refractivity contribution in [1.29, 1.82) is 0 Å². The van der Waals surface area contributed by atoms with Crippen LogP contribution in [0.2, 0.25) is 0 Å². The van der Waals surface area contributed by atoms with Crippen LogP contribution in [0, 0.1) is 0 Å². The lowest BCUT2D eigenvalue weighted by atomic mass is 10.0. The molecule has 3 aromatic rings. The van der Waals surface area contributed by atoms with Crippen molar-refractivity contribution in [2.24, 2.45) is 0 Å². The average molecular weight is 267 g/mol. The number of imidazole rings is 1. The van der Waals surface area contributed by atoms with Crippen LogP contribution in [0.4, 0.5) is 0 Å². The second-order valence-corrected chi connectivity index (χ2v) is 4.87. The zero-order chi connectivity index (χ0) is 13.9. The van der Waals surface area contributed by atoms with Gasteiger partial charge in [-0.05, 0) is 30.2 Å². The van der Waals surface area contributed by atoms with Crippen molar-refractivity contribution < 1.29 is 5.11 Å². The van der Waals surface area contributed by atoms with Gasteiger partial charge in [-0.15, -0.1) is 0 Å². The first-order chi connectivity index (χ1) is 9.79. The quantitative estimate of drug-likeness (QED) is 0.790. The molecule has 0 radical (unpaired) electrons. The van der Waals surface area contributed by atoms with Gasteiger partial charge in [0.2, 0.25) is 0 Å². The molecule has 1 aromatic carbocycles. The molecule has 20 heavy (non-hydrogen) atoms. The molecule has 0 bridgehead atoms. The minimum Gasteiger partial charge on any atom is -0.382 e. The zero-order valence-electron chi connectivity index (χ0n) is 11.4. The van der Waals surface area contributed by atoms with Crippen LogP contribution in [0.3, 0.4) is 0 Å². The van der Waals surface area contributed by atoms with Crippen molar-refractivity contribution in [1.82, 2.24) is 14.5 Å². The number of nitrogens with zero attached hydrogens (tertiary/aromatic N) is 3. The first-order valence-corrected chi connectivity index (χ1v) is 6.82. The highest BCUT2D eigenvalue weighted by molar-refractivity contribution is 5.79. The Bertz CT molecular complexity index is 720. The van der Waals surface area contributed by atoms with E-state index in [0.29, 0.717) is 0 Å². The minimum absolute atomic E-state index is 0.659. The third-order valence-corrected chi connectivity index (χ3v) is 3.43. The lowest BCUT2D eigenvalue weighted by Crippen LogP contribution is -2.08. The molecule has 0 aliphatic carbocycles. The largest absolute Gasteiger partial charge is 0.382 e. The Labute approximate surface area is 117 Å². The van der Waals surface area contributed by atoms with E-state index in [9.17, 15) is 5.11 Å². The van der Waals surface area contributed by atoms with E-state index in [1.807, 2.05) is 34.9 Å². The molecule has 0 amide bonds. The van der Waals surface area contributed by atoms with Crippen LogP contribution in [0.25, 0.3) is 10.9 Å². The highest BCUT2D eigenvalue weighted by atomic mass is 16.3. The summed E-state index contributed by atoms with van der Waals surface area (Å²) < 4.78 is 2.00. The first kappa shape index (κ1) is 12.8. The lowest BCUT2D eigenvalue weighted by Gasteiger charge is -2.14. The molecule has 2 aromatic heterocycles. The van der Waals surface area contributed by atoms with Gasteiger partial charge in [-0.2, -0.15) is 0 Å². The van der Waals surface area contributed by atoms with Gasteiger partial charge in [0.15, 0.2) is 0 Å². The number of pyridine rings is 1. The average Bonchev–Trinajstić information content (AvgIpc) is 2.94. The van der Waals surface area contributed by atoms with Crippen LogP contribution in [0.1, 0.15) is 30.7 Å². The number of hydrogen-bond acceptors (Lipinski definition) is 3. The van der Waals surface area contributed by atoms with Crippen LogP contribution < -0.4 is 0 Å². The number of aryl methyl sites for hydroxylation is 1. The van der Waals surface area contributed by atoms with Crippen LogP contribution in [-0.4, -0.2) is 19.6 Å². The molecule has 1 N–H and O–H groups in total. The molecule has 1 unspecified atom stereocenters. The van der Waals surface area contributed by atoms with E-state index in [1.54, 1.807) is 18.7 Å². The van der Waals surface area contributed by atoms with Gasteiger partial charge in [0.25, 0.3) is 0 Å². The normalized spacial score (nSPS) is 12.7. The molecule has 4 nitrogen and oxygen atoms in total. The summed E-state index contributed by atoms with van der Waals surface area (Å²) in [5, 5.41) is 11.6. The molecule has 0 aliphatic heterocycles. The number of aromatic nitrogens is 3. The smallest absolute Gasteiger partial charge is 0.121 e. The summed E-state index contributed by atoms with van der Waals surface area (Å²) in [5.41, 5.74) is 2.63. The number of benzene rings is 1. The maximum absolute atomic E-state index is 10.6. The van der Waals surface area contributed by atoms with E-state index in [0.717, 1.165) is 35.1 Å². The van der Waals surface area contributed by atoms with E-state index >= 15 is 0 Å². The monoisotopic (exact) mass is 267 g/mol. The van der Waals surface area contributed by atoms with Gasteiger partial charge in [-0.1, -0.05) is 19.1 Å². The summed E-state index contributed by atoms with van der Waals surface area (Å²) in [6, 6.07) is 9.75. The summed E-state index contributed by atoms with van der Waals surface area (Å²) in [6.45, 7) is 2.97. The van der Waals surface area contributed by atoms with Crippen LogP contribution >= 0.6 is 0 Å². The molecular weight excluding hydrogens is 250 g/mol. The van der Waals surface area contributed by atoms with Crippen molar-refractivity contribution >= 4 is 10.9 Å². The second-order valence-electron chi connectivity index (χ2n) is 4.87. The van der Waals surface area contributed by atoms with Crippen molar-refractivity contribution in [3.63, 3.8) is 0 Å². The third-order valence-electron chi connectivity index (χ3n) is 3.43. The molecule has 102 valence electrons. The SMILES string of the molecule is CCCn1cncc1C(O)c1ccc2ncccc2c1. The fourth-order valence-corrected chi connectivity index (χ4v) is 2.42. The fraction of sp³-hybridized carbons (Fsp3) is 0.250. The Morgan fingerprint density at radius 2 is 2.20 bits per heavy atom. The number of aliphatic hydroxyl groups excluding tert-OH is 1. The summed E-state index contributed by atoms with van der Waals surface area (Å²) in [5.74, 6) is 0. The Morgan fingerprint density at radius 3 is 3.05 bits per heavy atom. The Hall–Kier alpha value is -2.20. The van der Waals surface area contributed by atoms with E-state index < -0.39 is 6.10 Å². The third kappa shape index (κ3) is 2.30. The summed E-state index contributed by atoms with van der Waals surface area (Å²) in [6.07, 6.45) is 5.62. The van der Waals surface area contributed by atoms with Crippen molar-refractivity contribution in [2.75, 3.05) is 0 Å². The van der Waals surface area contributed by atoms with Crippen LogP contribution in [-0.2, 0) is 6.54 Å². The molecule has 3 rings (SSSR count). The maximum atomic E-state index is 10.6. The summed E-state index contributed by atoms with van der Waals surface area (Å²) in [4.78, 5) is 8.43. The van der Waals surface area contributed by atoms with Gasteiger partial charge in [0.1, 0.15) is 6.10 Å². The van der Waals surface area contributed by atoms with Crippen LogP contribution in [0.5, 0.6) is 0 Å². The zero-order valence-corrected chi connectivity index (χ0v) is 11.4. The van der Waals surface area contributed by atoms with Crippen LogP contribution in [0.15, 0.2) is 49.1 Å². The molecule has 0 saturated heterocycles. The van der Waals surface area contributed by atoms with Crippen molar-refractivity contribution in [2.45, 2.75) is 26.0 Å². The van der Waals surface area contributed by atoms with Gasteiger partial charge in [-0.3, -0.25) is 4.98 Å². The van der Waals surface area contributed by atoms with Crippen molar-refractivity contribution in [3.8, 4) is 0 Å². The van der Waals surface area contributed by atoms with E-state index in [4.69, 9.17) is 0 Å². The highest BCUT2D eigenvalue weighted by Gasteiger charge is 2.15. The Kier molecular flexibility index (Phi) is 3.48.